The molecule has 3 aromatic rings. The van der Waals surface area contributed by atoms with Crippen LogP contribution in [0.2, 0.25) is 20.1 Å². The molecule has 6 nitrogen and oxygen atoms in total. The molecule has 0 atom stereocenters. The van der Waals surface area contributed by atoms with Crippen molar-refractivity contribution in [3.63, 3.8) is 0 Å². The van der Waals surface area contributed by atoms with E-state index in [-0.39, 0.29) is 16.4 Å². The first kappa shape index (κ1) is 21.5. The molecule has 5 N–H and O–H groups in total. The third-order valence-electron chi connectivity index (χ3n) is 3.74. The number of rotatable bonds is 4. The lowest BCUT2D eigenvalue weighted by Crippen LogP contribution is -2.18. The fraction of sp³-hybridized carbons (Fsp3) is 0. The Hall–Kier alpha value is -2.16. The first-order valence-electron chi connectivity index (χ1n) is 7.93. The number of nitrogens with zero attached hydrogens (tertiary/aromatic N) is 3. The minimum absolute atomic E-state index is 0.00334. The van der Waals surface area contributed by atoms with Gasteiger partial charge in [0.1, 0.15) is 5.82 Å². The van der Waals surface area contributed by atoms with Crippen molar-refractivity contribution >= 4 is 76.5 Å². The Kier molecular flexibility index (Phi) is 6.77. The summed E-state index contributed by atoms with van der Waals surface area (Å²) < 4.78 is 0.163. The van der Waals surface area contributed by atoms with Gasteiger partial charge in [-0.25, -0.2) is 4.98 Å². The maximum absolute atomic E-state index is 6.32. The number of aromatic nitrogens is 2. The number of aromatic amines is 1. The molecule has 3 rings (SSSR count). The molecule has 1 heterocycles. The summed E-state index contributed by atoms with van der Waals surface area (Å²) in [6, 6.07) is 9.95. The lowest BCUT2D eigenvalue weighted by atomic mass is 10.1. The minimum Gasteiger partial charge on any atom is -0.383 e. The van der Waals surface area contributed by atoms with Crippen LogP contribution in [-0.2, 0) is 0 Å². The summed E-state index contributed by atoms with van der Waals surface area (Å²) in [5.41, 5.74) is 14.1. The number of nitrogen functional groups attached to an aromatic ring is 1. The highest BCUT2D eigenvalue weighted by atomic mass is 35.5. The van der Waals surface area contributed by atoms with E-state index in [0.717, 1.165) is 0 Å². The molecular weight excluding hydrogens is 474 g/mol. The Balaban J connectivity index is 2.06. The summed E-state index contributed by atoms with van der Waals surface area (Å²) in [6.45, 7) is 0. The third kappa shape index (κ3) is 5.07. The van der Waals surface area contributed by atoms with Gasteiger partial charge in [-0.05, 0) is 42.5 Å². The van der Waals surface area contributed by atoms with Crippen LogP contribution in [0.25, 0.3) is 11.3 Å². The Morgan fingerprint density at radius 1 is 1.03 bits per heavy atom. The first-order chi connectivity index (χ1) is 13.8. The van der Waals surface area contributed by atoms with Gasteiger partial charge in [0.25, 0.3) is 0 Å². The lowest BCUT2D eigenvalue weighted by Gasteiger charge is -2.12. The van der Waals surface area contributed by atoms with E-state index in [1.807, 2.05) is 0 Å². The van der Waals surface area contributed by atoms with Gasteiger partial charge in [0, 0.05) is 21.2 Å². The van der Waals surface area contributed by atoms with Crippen molar-refractivity contribution in [1.82, 2.24) is 9.97 Å². The second kappa shape index (κ2) is 9.11. The second-order valence-electron chi connectivity index (χ2n) is 5.70. The highest BCUT2D eigenvalue weighted by molar-refractivity contribution is 7.71. The molecule has 0 unspecified atom stereocenters. The van der Waals surface area contributed by atoms with Crippen LogP contribution >= 0.6 is 58.6 Å². The predicted molar refractivity (Wildman–Crippen MR) is 124 cm³/mol. The summed E-state index contributed by atoms with van der Waals surface area (Å²) >= 11 is 29.4. The largest absolute Gasteiger partial charge is 0.383 e. The monoisotopic (exact) mass is 484 g/mol. The van der Waals surface area contributed by atoms with Gasteiger partial charge in [0.05, 0.1) is 27.5 Å². The number of anilines is 1. The van der Waals surface area contributed by atoms with Gasteiger partial charge >= 0.3 is 0 Å². The predicted octanol–water partition coefficient (Wildman–Crippen LogP) is 5.74. The van der Waals surface area contributed by atoms with Crippen molar-refractivity contribution in [3.05, 3.63) is 72.4 Å². The van der Waals surface area contributed by atoms with Crippen molar-refractivity contribution in [3.8, 4) is 11.3 Å². The Bertz CT molecular complexity index is 1210. The van der Waals surface area contributed by atoms with Crippen LogP contribution in [0.1, 0.15) is 11.1 Å². The Morgan fingerprint density at radius 3 is 2.34 bits per heavy atom. The van der Waals surface area contributed by atoms with Gasteiger partial charge in [-0.2, -0.15) is 5.10 Å². The van der Waals surface area contributed by atoms with E-state index in [0.29, 0.717) is 42.5 Å². The number of benzene rings is 2. The van der Waals surface area contributed by atoms with Crippen LogP contribution in [0.4, 0.5) is 5.82 Å². The van der Waals surface area contributed by atoms with E-state index in [1.165, 1.54) is 6.21 Å². The number of halogens is 4. The number of hydrogen-bond donors (Lipinski definition) is 3. The molecule has 2 aromatic carbocycles. The van der Waals surface area contributed by atoms with Crippen LogP contribution < -0.4 is 11.5 Å². The number of nitrogens with two attached hydrogens (primary N) is 2. The molecule has 1 aromatic heterocycles. The number of nitrogens with one attached hydrogen (secondary N) is 1. The van der Waals surface area contributed by atoms with Crippen molar-refractivity contribution in [2.75, 3.05) is 5.73 Å². The molecular formula is C18H12Cl4N6S. The quantitative estimate of drug-likeness (QED) is 0.189. The number of amidine groups is 1. The molecule has 0 aliphatic rings. The van der Waals surface area contributed by atoms with Crippen LogP contribution in [0, 0.1) is 4.77 Å². The summed E-state index contributed by atoms with van der Waals surface area (Å²) in [7, 11) is 0. The zero-order chi connectivity index (χ0) is 21.1. The van der Waals surface area contributed by atoms with Gasteiger partial charge in [-0.3, -0.25) is 0 Å². The van der Waals surface area contributed by atoms with Crippen LogP contribution in [-0.4, -0.2) is 22.0 Å². The smallest absolute Gasteiger partial charge is 0.199 e. The topological polar surface area (TPSA) is 105 Å². The highest BCUT2D eigenvalue weighted by Gasteiger charge is 2.17. The molecule has 0 saturated carbocycles. The molecule has 29 heavy (non-hydrogen) atoms. The van der Waals surface area contributed by atoms with Crippen LogP contribution in [0.5, 0.6) is 0 Å². The molecule has 0 radical (unpaired) electrons. The lowest BCUT2D eigenvalue weighted by molar-refractivity contribution is 1.13. The Labute approximate surface area is 191 Å². The van der Waals surface area contributed by atoms with Crippen molar-refractivity contribution in [1.29, 1.82) is 0 Å². The summed E-state index contributed by atoms with van der Waals surface area (Å²) in [6.07, 6.45) is 1.44. The van der Waals surface area contributed by atoms with E-state index >= 15 is 0 Å². The molecule has 0 bridgehead atoms. The average molecular weight is 486 g/mol. The first-order valence-corrected chi connectivity index (χ1v) is 9.85. The molecule has 0 aliphatic carbocycles. The zero-order valence-corrected chi connectivity index (χ0v) is 18.3. The van der Waals surface area contributed by atoms with Gasteiger partial charge in [0.2, 0.25) is 0 Å². The van der Waals surface area contributed by atoms with Gasteiger partial charge < -0.3 is 16.5 Å². The summed E-state index contributed by atoms with van der Waals surface area (Å²) in [5.74, 6) is 0.0827. The van der Waals surface area contributed by atoms with Crippen molar-refractivity contribution in [2.45, 2.75) is 0 Å². The van der Waals surface area contributed by atoms with Gasteiger partial charge in [-0.1, -0.05) is 52.5 Å². The van der Waals surface area contributed by atoms with Crippen LogP contribution in [0.3, 0.4) is 0 Å². The van der Waals surface area contributed by atoms with E-state index < -0.39 is 0 Å². The molecule has 0 amide bonds. The second-order valence-corrected chi connectivity index (χ2v) is 7.77. The van der Waals surface area contributed by atoms with E-state index in [9.17, 15) is 0 Å². The zero-order valence-electron chi connectivity index (χ0n) is 14.5. The molecule has 0 saturated heterocycles. The fourth-order valence-corrected chi connectivity index (χ4v) is 3.61. The summed E-state index contributed by atoms with van der Waals surface area (Å²) in [4.78, 5) is 6.98. The molecule has 0 fully saturated rings. The minimum atomic E-state index is 0.00334. The van der Waals surface area contributed by atoms with Gasteiger partial charge in [-0.15, -0.1) is 5.10 Å². The van der Waals surface area contributed by atoms with Crippen molar-refractivity contribution in [2.24, 2.45) is 15.9 Å². The standard InChI is InChI=1S/C18H12Cl4N6S/c19-9-2-1-8(12(21)5-9)7-25-28-17(24)14-15(26-18(29)27-16(14)23)11-4-3-10(20)6-13(11)22/h1-7H,(H2,24,28)(H3,23,26,27,29)/b25-7+. The van der Waals surface area contributed by atoms with E-state index in [1.54, 1.807) is 36.4 Å². The molecule has 0 spiro atoms. The van der Waals surface area contributed by atoms with Crippen molar-refractivity contribution < 1.29 is 0 Å². The maximum Gasteiger partial charge on any atom is 0.199 e. The third-order valence-corrected chi connectivity index (χ3v) is 5.05. The van der Waals surface area contributed by atoms with E-state index in [2.05, 4.69) is 20.2 Å². The summed E-state index contributed by atoms with van der Waals surface area (Å²) in [5, 5.41) is 9.77. The van der Waals surface area contributed by atoms with E-state index in [4.69, 9.17) is 70.1 Å². The highest BCUT2D eigenvalue weighted by Crippen LogP contribution is 2.32. The SMILES string of the molecule is N/C(=N\N=C\c1ccc(Cl)cc1Cl)c1c(N)nc(=S)[nH]c1-c1ccc(Cl)cc1Cl. The molecule has 0 aliphatic heterocycles. The molecule has 11 heteroatoms. The normalized spacial score (nSPS) is 11.9. The Morgan fingerprint density at radius 2 is 1.69 bits per heavy atom. The number of H-pyrrole nitrogens is 1. The molecule has 148 valence electrons. The van der Waals surface area contributed by atoms with Crippen LogP contribution in [0.15, 0.2) is 46.6 Å². The fourth-order valence-electron chi connectivity index (χ4n) is 2.45. The number of hydrogen-bond acceptors (Lipinski definition) is 5. The maximum atomic E-state index is 6.32. The average Bonchev–Trinajstić information content (AvgIpc) is 2.62. The van der Waals surface area contributed by atoms with Gasteiger partial charge in [0.15, 0.2) is 10.6 Å².